The van der Waals surface area contributed by atoms with E-state index in [1.807, 2.05) is 66.4 Å². The second kappa shape index (κ2) is 5.37. The van der Waals surface area contributed by atoms with E-state index in [1.54, 1.807) is 0 Å². The number of carbonyl (C=O) groups is 1. The third-order valence-corrected chi connectivity index (χ3v) is 3.51. The van der Waals surface area contributed by atoms with Gasteiger partial charge in [-0.05, 0) is 24.6 Å². The molecular formula is C17H17NO2. The molecule has 1 amide bonds. The lowest BCUT2D eigenvalue weighted by atomic mass is 10.1. The van der Waals surface area contributed by atoms with Gasteiger partial charge in [0.15, 0.2) is 0 Å². The zero-order chi connectivity index (χ0) is 13.9. The number of nitrogens with zero attached hydrogens (tertiary/aromatic N) is 1. The Morgan fingerprint density at radius 1 is 1.15 bits per heavy atom. The fourth-order valence-electron chi connectivity index (χ4n) is 2.54. The van der Waals surface area contributed by atoms with Crippen molar-refractivity contribution in [2.24, 2.45) is 0 Å². The van der Waals surface area contributed by atoms with E-state index in [4.69, 9.17) is 4.74 Å². The van der Waals surface area contributed by atoms with Crippen molar-refractivity contribution in [3.63, 3.8) is 0 Å². The maximum atomic E-state index is 12.6. The van der Waals surface area contributed by atoms with E-state index in [-0.39, 0.29) is 11.9 Å². The van der Waals surface area contributed by atoms with Crippen molar-refractivity contribution >= 4 is 11.6 Å². The second-order valence-electron chi connectivity index (χ2n) is 5.05. The molecule has 3 rings (SSSR count). The summed E-state index contributed by atoms with van der Waals surface area (Å²) in [5.74, 6) is 0.895. The number of benzene rings is 2. The lowest BCUT2D eigenvalue weighted by molar-refractivity contribution is -0.118. The van der Waals surface area contributed by atoms with Crippen molar-refractivity contribution in [2.45, 2.75) is 19.4 Å². The Hall–Kier alpha value is -2.29. The molecule has 1 aliphatic rings. The number of carbonyl (C=O) groups excluding carboxylic acids is 1. The number of fused-ring (bicyclic) bond motifs is 1. The van der Waals surface area contributed by atoms with Crippen LogP contribution in [-0.2, 0) is 11.2 Å². The summed E-state index contributed by atoms with van der Waals surface area (Å²) >= 11 is 0. The first-order valence-corrected chi connectivity index (χ1v) is 6.83. The molecule has 1 heterocycles. The van der Waals surface area contributed by atoms with E-state index in [0.717, 1.165) is 17.0 Å². The van der Waals surface area contributed by atoms with Gasteiger partial charge in [-0.1, -0.05) is 42.5 Å². The summed E-state index contributed by atoms with van der Waals surface area (Å²) in [6.07, 6.45) is 0.416. The fraction of sp³-hybridized carbons (Fsp3) is 0.235. The predicted octanol–water partition coefficient (Wildman–Crippen LogP) is 3.04. The molecule has 0 saturated carbocycles. The average Bonchev–Trinajstić information content (AvgIpc) is 2.48. The molecule has 0 saturated heterocycles. The van der Waals surface area contributed by atoms with Gasteiger partial charge in [0.1, 0.15) is 12.4 Å². The van der Waals surface area contributed by atoms with Crippen LogP contribution in [0.15, 0.2) is 54.6 Å². The zero-order valence-corrected chi connectivity index (χ0v) is 11.5. The smallest absolute Gasteiger partial charge is 0.231 e. The molecule has 0 fully saturated rings. The third-order valence-electron chi connectivity index (χ3n) is 3.51. The molecular weight excluding hydrogens is 250 g/mol. The van der Waals surface area contributed by atoms with Crippen molar-refractivity contribution in [1.82, 2.24) is 0 Å². The standard InChI is InChI=1S/C17H17NO2/c1-13-12-20-16-10-6-5-9-15(16)18(13)17(19)11-14-7-3-2-4-8-14/h2-10,13H,11-12H2,1H3. The monoisotopic (exact) mass is 267 g/mol. The minimum atomic E-state index is 0.0566. The maximum absolute atomic E-state index is 12.6. The minimum Gasteiger partial charge on any atom is -0.489 e. The number of hydrogen-bond donors (Lipinski definition) is 0. The molecule has 1 atom stereocenters. The number of anilines is 1. The Morgan fingerprint density at radius 3 is 2.65 bits per heavy atom. The Morgan fingerprint density at radius 2 is 1.85 bits per heavy atom. The molecule has 0 N–H and O–H groups in total. The van der Waals surface area contributed by atoms with Gasteiger partial charge >= 0.3 is 0 Å². The van der Waals surface area contributed by atoms with Crippen LogP contribution in [0, 0.1) is 0 Å². The van der Waals surface area contributed by atoms with Gasteiger partial charge in [-0.3, -0.25) is 4.79 Å². The SMILES string of the molecule is CC1COc2ccccc2N1C(=O)Cc1ccccc1. The quantitative estimate of drug-likeness (QED) is 0.837. The highest BCUT2D eigenvalue weighted by molar-refractivity contribution is 5.97. The summed E-state index contributed by atoms with van der Waals surface area (Å²) in [7, 11) is 0. The molecule has 1 aliphatic heterocycles. The minimum absolute atomic E-state index is 0.0566. The normalized spacial score (nSPS) is 17.2. The number of rotatable bonds is 2. The van der Waals surface area contributed by atoms with Gasteiger partial charge in [0.25, 0.3) is 0 Å². The van der Waals surface area contributed by atoms with Crippen LogP contribution in [0.1, 0.15) is 12.5 Å². The van der Waals surface area contributed by atoms with E-state index in [1.165, 1.54) is 0 Å². The molecule has 0 spiro atoms. The van der Waals surface area contributed by atoms with Crippen molar-refractivity contribution in [2.75, 3.05) is 11.5 Å². The molecule has 102 valence electrons. The fourth-order valence-corrected chi connectivity index (χ4v) is 2.54. The van der Waals surface area contributed by atoms with E-state index < -0.39 is 0 Å². The molecule has 0 aromatic heterocycles. The first kappa shape index (κ1) is 12.7. The molecule has 20 heavy (non-hydrogen) atoms. The lowest BCUT2D eigenvalue weighted by Gasteiger charge is -2.35. The van der Waals surface area contributed by atoms with Crippen LogP contribution in [0.4, 0.5) is 5.69 Å². The number of hydrogen-bond acceptors (Lipinski definition) is 2. The Balaban J connectivity index is 1.87. The van der Waals surface area contributed by atoms with E-state index in [0.29, 0.717) is 13.0 Å². The largest absolute Gasteiger partial charge is 0.489 e. The zero-order valence-electron chi connectivity index (χ0n) is 11.5. The third kappa shape index (κ3) is 2.39. The first-order valence-electron chi connectivity index (χ1n) is 6.83. The van der Waals surface area contributed by atoms with Gasteiger partial charge in [-0.25, -0.2) is 0 Å². The van der Waals surface area contributed by atoms with Crippen LogP contribution >= 0.6 is 0 Å². The Kier molecular flexibility index (Phi) is 3.42. The van der Waals surface area contributed by atoms with Crippen LogP contribution in [-0.4, -0.2) is 18.6 Å². The van der Waals surface area contributed by atoms with Crippen molar-refractivity contribution in [3.05, 3.63) is 60.2 Å². The van der Waals surface area contributed by atoms with Gasteiger partial charge in [-0.2, -0.15) is 0 Å². The molecule has 0 radical (unpaired) electrons. The van der Waals surface area contributed by atoms with Crippen LogP contribution in [0.5, 0.6) is 5.75 Å². The van der Waals surface area contributed by atoms with Gasteiger partial charge in [0.05, 0.1) is 18.2 Å². The molecule has 1 unspecified atom stereocenters. The highest BCUT2D eigenvalue weighted by atomic mass is 16.5. The topological polar surface area (TPSA) is 29.5 Å². The Labute approximate surface area is 118 Å². The highest BCUT2D eigenvalue weighted by Gasteiger charge is 2.28. The molecule has 3 heteroatoms. The molecule has 2 aromatic rings. The average molecular weight is 267 g/mol. The van der Waals surface area contributed by atoms with Crippen molar-refractivity contribution in [1.29, 1.82) is 0 Å². The molecule has 0 aliphatic carbocycles. The summed E-state index contributed by atoms with van der Waals surface area (Å²) < 4.78 is 5.67. The summed E-state index contributed by atoms with van der Waals surface area (Å²) in [5, 5.41) is 0. The van der Waals surface area contributed by atoms with E-state index in [9.17, 15) is 4.79 Å². The van der Waals surface area contributed by atoms with E-state index in [2.05, 4.69) is 0 Å². The van der Waals surface area contributed by atoms with Crippen LogP contribution in [0.2, 0.25) is 0 Å². The van der Waals surface area contributed by atoms with E-state index >= 15 is 0 Å². The molecule has 3 nitrogen and oxygen atoms in total. The van der Waals surface area contributed by atoms with Gasteiger partial charge < -0.3 is 9.64 Å². The van der Waals surface area contributed by atoms with Crippen molar-refractivity contribution in [3.8, 4) is 5.75 Å². The van der Waals surface area contributed by atoms with Gasteiger partial charge in [-0.15, -0.1) is 0 Å². The number of amides is 1. The Bertz CT molecular complexity index is 609. The highest BCUT2D eigenvalue weighted by Crippen LogP contribution is 2.33. The second-order valence-corrected chi connectivity index (χ2v) is 5.05. The summed E-state index contributed by atoms with van der Waals surface area (Å²) in [6.45, 7) is 2.55. The summed E-state index contributed by atoms with van der Waals surface area (Å²) in [4.78, 5) is 14.5. The van der Waals surface area contributed by atoms with Crippen LogP contribution in [0.3, 0.4) is 0 Å². The van der Waals surface area contributed by atoms with Crippen LogP contribution in [0.25, 0.3) is 0 Å². The van der Waals surface area contributed by atoms with Gasteiger partial charge in [0.2, 0.25) is 5.91 Å². The van der Waals surface area contributed by atoms with Crippen LogP contribution < -0.4 is 9.64 Å². The summed E-state index contributed by atoms with van der Waals surface area (Å²) in [5.41, 5.74) is 1.90. The number of para-hydroxylation sites is 2. The molecule has 0 bridgehead atoms. The van der Waals surface area contributed by atoms with Crippen molar-refractivity contribution < 1.29 is 9.53 Å². The first-order chi connectivity index (χ1) is 9.75. The predicted molar refractivity (Wildman–Crippen MR) is 79.0 cm³/mol. The molecule has 2 aromatic carbocycles. The number of ether oxygens (including phenoxy) is 1. The lowest BCUT2D eigenvalue weighted by Crippen LogP contribution is -2.45. The summed E-state index contributed by atoms with van der Waals surface area (Å²) in [6, 6.07) is 17.6. The maximum Gasteiger partial charge on any atom is 0.231 e. The van der Waals surface area contributed by atoms with Gasteiger partial charge in [0, 0.05) is 0 Å².